The molecule has 2 N–H and O–H groups in total. The summed E-state index contributed by atoms with van der Waals surface area (Å²) < 4.78 is 26.5. The SMILES string of the molecule is Cc1ccc(S(=O)(=O)Nc2ccc[nH+]c2)cc1. The molecule has 0 aliphatic heterocycles. The van der Waals surface area contributed by atoms with Crippen LogP contribution in [0.4, 0.5) is 5.69 Å². The lowest BCUT2D eigenvalue weighted by atomic mass is 10.2. The molecule has 0 unspecified atom stereocenters. The molecule has 0 aliphatic rings. The van der Waals surface area contributed by atoms with Crippen LogP contribution in [0.2, 0.25) is 0 Å². The summed E-state index contributed by atoms with van der Waals surface area (Å²) in [4.78, 5) is 3.07. The molecule has 0 saturated heterocycles. The summed E-state index contributed by atoms with van der Waals surface area (Å²) in [6.45, 7) is 1.91. The Kier molecular flexibility index (Phi) is 3.10. The summed E-state index contributed by atoms with van der Waals surface area (Å²) in [6.07, 6.45) is 3.30. The molecule has 0 amide bonds. The van der Waals surface area contributed by atoms with Crippen LogP contribution in [0, 0.1) is 6.92 Å². The Morgan fingerprint density at radius 2 is 1.82 bits per heavy atom. The minimum absolute atomic E-state index is 0.256. The van der Waals surface area contributed by atoms with E-state index in [1.54, 1.807) is 48.8 Å². The molecule has 5 heteroatoms. The Balaban J connectivity index is 2.29. The first-order chi connectivity index (χ1) is 8.08. The molecule has 88 valence electrons. The molecular formula is C12H13N2O2S+. The van der Waals surface area contributed by atoms with Crippen molar-refractivity contribution in [2.45, 2.75) is 11.8 Å². The van der Waals surface area contributed by atoms with Gasteiger partial charge in [0.25, 0.3) is 10.0 Å². The summed E-state index contributed by atoms with van der Waals surface area (Å²) in [5, 5.41) is 0. The largest absolute Gasteiger partial charge is 0.274 e. The molecule has 1 aromatic carbocycles. The standard InChI is InChI=1S/C12H12N2O2S/c1-10-4-6-12(7-5-10)17(15,16)14-11-3-2-8-13-9-11/h2-9,14H,1H3/p+1. The average molecular weight is 249 g/mol. The number of pyridine rings is 1. The Morgan fingerprint density at radius 3 is 2.41 bits per heavy atom. The van der Waals surface area contributed by atoms with Gasteiger partial charge in [-0.1, -0.05) is 17.7 Å². The Bertz CT molecular complexity index is 592. The van der Waals surface area contributed by atoms with Crippen LogP contribution >= 0.6 is 0 Å². The second-order valence-corrected chi connectivity index (χ2v) is 5.39. The van der Waals surface area contributed by atoms with Gasteiger partial charge >= 0.3 is 0 Å². The Hall–Kier alpha value is -1.88. The molecule has 2 rings (SSSR count). The highest BCUT2D eigenvalue weighted by Gasteiger charge is 2.14. The molecule has 0 saturated carbocycles. The van der Waals surface area contributed by atoms with Crippen molar-refractivity contribution in [3.63, 3.8) is 0 Å². The zero-order valence-electron chi connectivity index (χ0n) is 9.34. The first kappa shape index (κ1) is 11.6. The molecule has 0 atom stereocenters. The molecule has 0 bridgehead atoms. The number of aromatic nitrogens is 1. The number of sulfonamides is 1. The number of hydrogen-bond acceptors (Lipinski definition) is 2. The van der Waals surface area contributed by atoms with Crippen LogP contribution in [0.5, 0.6) is 0 Å². The molecule has 2 aromatic rings. The van der Waals surface area contributed by atoms with Crippen molar-refractivity contribution >= 4 is 15.7 Å². The fourth-order valence-electron chi connectivity index (χ4n) is 1.39. The summed E-state index contributed by atoms with van der Waals surface area (Å²) in [5.41, 5.74) is 1.53. The average Bonchev–Trinajstić information content (AvgIpc) is 2.30. The third-order valence-corrected chi connectivity index (χ3v) is 3.69. The maximum absolute atomic E-state index is 12.0. The van der Waals surface area contributed by atoms with Crippen molar-refractivity contribution in [3.8, 4) is 0 Å². The third-order valence-electron chi connectivity index (χ3n) is 2.29. The second kappa shape index (κ2) is 4.55. The zero-order chi connectivity index (χ0) is 12.3. The minimum atomic E-state index is -3.50. The lowest BCUT2D eigenvalue weighted by Gasteiger charge is -2.06. The van der Waals surface area contributed by atoms with Crippen LogP contribution in [0.15, 0.2) is 53.7 Å². The fraction of sp³-hybridized carbons (Fsp3) is 0.0833. The third kappa shape index (κ3) is 2.82. The van der Waals surface area contributed by atoms with Crippen LogP contribution in [-0.2, 0) is 10.0 Å². The van der Waals surface area contributed by atoms with Crippen LogP contribution < -0.4 is 9.71 Å². The highest BCUT2D eigenvalue weighted by Crippen LogP contribution is 2.14. The van der Waals surface area contributed by atoms with E-state index in [2.05, 4.69) is 9.71 Å². The molecule has 0 fully saturated rings. The summed E-state index contributed by atoms with van der Waals surface area (Å²) >= 11 is 0. The van der Waals surface area contributed by atoms with Gasteiger partial charge in [-0.2, -0.15) is 0 Å². The van der Waals surface area contributed by atoms with E-state index < -0.39 is 10.0 Å². The number of anilines is 1. The van der Waals surface area contributed by atoms with Gasteiger partial charge < -0.3 is 0 Å². The van der Waals surface area contributed by atoms with Crippen molar-refractivity contribution in [3.05, 3.63) is 54.4 Å². The van der Waals surface area contributed by atoms with Gasteiger partial charge in [-0.15, -0.1) is 0 Å². The molecule has 4 nitrogen and oxygen atoms in total. The number of aryl methyl sites for hydroxylation is 1. The van der Waals surface area contributed by atoms with Crippen molar-refractivity contribution in [2.75, 3.05) is 4.72 Å². The number of rotatable bonds is 3. The monoisotopic (exact) mass is 249 g/mol. The first-order valence-electron chi connectivity index (χ1n) is 5.13. The molecular weight excluding hydrogens is 236 g/mol. The maximum atomic E-state index is 12.0. The topological polar surface area (TPSA) is 60.3 Å². The van der Waals surface area contributed by atoms with Gasteiger partial charge in [-0.05, 0) is 25.1 Å². The van der Waals surface area contributed by atoms with E-state index in [4.69, 9.17) is 0 Å². The molecule has 1 heterocycles. The predicted molar refractivity (Wildman–Crippen MR) is 65.0 cm³/mol. The van der Waals surface area contributed by atoms with Gasteiger partial charge in [0.05, 0.1) is 4.90 Å². The van der Waals surface area contributed by atoms with Crippen molar-refractivity contribution in [1.82, 2.24) is 0 Å². The fourth-order valence-corrected chi connectivity index (χ4v) is 2.44. The maximum Gasteiger partial charge on any atom is 0.262 e. The van der Waals surface area contributed by atoms with Crippen molar-refractivity contribution < 1.29 is 13.4 Å². The molecule has 0 radical (unpaired) electrons. The van der Waals surface area contributed by atoms with Crippen LogP contribution in [-0.4, -0.2) is 8.42 Å². The van der Waals surface area contributed by atoms with Crippen molar-refractivity contribution in [1.29, 1.82) is 0 Å². The number of H-pyrrole nitrogens is 1. The highest BCUT2D eigenvalue weighted by atomic mass is 32.2. The van der Waals surface area contributed by atoms with Gasteiger partial charge in [0.15, 0.2) is 12.4 Å². The first-order valence-corrected chi connectivity index (χ1v) is 6.62. The van der Waals surface area contributed by atoms with E-state index in [1.807, 2.05) is 6.92 Å². The number of benzene rings is 1. The summed E-state index contributed by atoms with van der Waals surface area (Å²) in [6, 6.07) is 10.1. The molecule has 17 heavy (non-hydrogen) atoms. The predicted octanol–water partition coefficient (Wildman–Crippen LogP) is 1.61. The van der Waals surface area contributed by atoms with Gasteiger partial charge in [0.2, 0.25) is 0 Å². The van der Waals surface area contributed by atoms with E-state index in [1.165, 1.54) is 0 Å². The normalized spacial score (nSPS) is 11.1. The van der Waals surface area contributed by atoms with E-state index >= 15 is 0 Å². The Morgan fingerprint density at radius 1 is 1.12 bits per heavy atom. The number of aromatic amines is 1. The van der Waals surface area contributed by atoms with Crippen LogP contribution in [0.25, 0.3) is 0 Å². The van der Waals surface area contributed by atoms with Crippen LogP contribution in [0.1, 0.15) is 5.56 Å². The zero-order valence-corrected chi connectivity index (χ0v) is 10.2. The number of nitrogens with one attached hydrogen (secondary N) is 2. The lowest BCUT2D eigenvalue weighted by molar-refractivity contribution is -0.376. The highest BCUT2D eigenvalue weighted by molar-refractivity contribution is 7.92. The number of hydrogen-bond donors (Lipinski definition) is 1. The smallest absolute Gasteiger partial charge is 0.262 e. The Labute approximate surface area is 100 Å². The minimum Gasteiger partial charge on any atom is -0.274 e. The lowest BCUT2D eigenvalue weighted by Crippen LogP contribution is -2.14. The summed E-state index contributed by atoms with van der Waals surface area (Å²) in [7, 11) is -3.50. The molecule has 0 aliphatic carbocycles. The van der Waals surface area contributed by atoms with E-state index in [9.17, 15) is 8.42 Å². The summed E-state index contributed by atoms with van der Waals surface area (Å²) in [5.74, 6) is 0. The van der Waals surface area contributed by atoms with Crippen molar-refractivity contribution in [2.24, 2.45) is 0 Å². The van der Waals surface area contributed by atoms with E-state index in [0.717, 1.165) is 5.56 Å². The molecule has 1 aromatic heterocycles. The van der Waals surface area contributed by atoms with Gasteiger partial charge in [-0.25, -0.2) is 13.4 Å². The quantitative estimate of drug-likeness (QED) is 0.898. The van der Waals surface area contributed by atoms with Gasteiger partial charge in [0, 0.05) is 6.07 Å². The van der Waals surface area contributed by atoms with Gasteiger partial charge in [-0.3, -0.25) is 4.72 Å². The van der Waals surface area contributed by atoms with Crippen LogP contribution in [0.3, 0.4) is 0 Å². The van der Waals surface area contributed by atoms with E-state index in [-0.39, 0.29) is 4.90 Å². The van der Waals surface area contributed by atoms with Gasteiger partial charge in [0.1, 0.15) is 5.69 Å². The second-order valence-electron chi connectivity index (χ2n) is 3.71. The molecule has 0 spiro atoms. The van der Waals surface area contributed by atoms with E-state index in [0.29, 0.717) is 5.69 Å².